The summed E-state index contributed by atoms with van der Waals surface area (Å²) in [5, 5.41) is 2.63. The fourth-order valence-corrected chi connectivity index (χ4v) is 2.71. The fourth-order valence-electron chi connectivity index (χ4n) is 1.95. The third-order valence-corrected chi connectivity index (χ3v) is 4.17. The van der Waals surface area contributed by atoms with Gasteiger partial charge in [0.2, 0.25) is 0 Å². The number of nitrogens with one attached hydrogen (secondary N) is 1. The average molecular weight is 627 g/mol. The molecule has 0 heterocycles. The van der Waals surface area contributed by atoms with E-state index < -0.39 is 26.8 Å². The molecular formula is C19H19Br2Cl2NOSiZr. The molecule has 0 saturated heterocycles. The van der Waals surface area contributed by atoms with Gasteiger partial charge in [-0.1, -0.05) is 70.1 Å². The van der Waals surface area contributed by atoms with E-state index in [1.807, 2.05) is 0 Å². The number of aryl methyl sites for hydroxylation is 1. The second kappa shape index (κ2) is 16.0. The van der Waals surface area contributed by atoms with Crippen molar-refractivity contribution >= 4 is 75.1 Å². The van der Waals surface area contributed by atoms with Crippen molar-refractivity contribution in [3.05, 3.63) is 80.4 Å². The summed E-state index contributed by atoms with van der Waals surface area (Å²) in [4.78, 5) is 10.4. The van der Waals surface area contributed by atoms with Crippen LogP contribution in [0.5, 0.6) is 0 Å². The first-order valence-corrected chi connectivity index (χ1v) is 17.6. The minimum atomic E-state index is -0.826. The molecule has 27 heavy (non-hydrogen) atoms. The summed E-state index contributed by atoms with van der Waals surface area (Å²) >= 11 is 5.91. The first kappa shape index (κ1) is 27.2. The van der Waals surface area contributed by atoms with E-state index in [0.29, 0.717) is 5.56 Å². The quantitative estimate of drug-likeness (QED) is 0.197. The topological polar surface area (TPSA) is 40.9 Å². The van der Waals surface area contributed by atoms with Crippen LogP contribution in [0.2, 0.25) is 13.1 Å². The van der Waals surface area contributed by atoms with Gasteiger partial charge in [-0.15, -0.1) is 34.5 Å². The first-order chi connectivity index (χ1) is 12.8. The average Bonchev–Trinajstić information content (AvgIpc) is 2.99. The van der Waals surface area contributed by atoms with Crippen LogP contribution in [-0.2, 0) is 20.8 Å². The maximum atomic E-state index is 10.4. The molecule has 0 fully saturated rings. The van der Waals surface area contributed by atoms with E-state index in [9.17, 15) is 4.79 Å². The van der Waals surface area contributed by atoms with Crippen LogP contribution in [0.3, 0.4) is 0 Å². The molecule has 0 saturated carbocycles. The number of amides is 1. The number of halogens is 4. The molecule has 3 aromatic rings. The van der Waals surface area contributed by atoms with Gasteiger partial charge in [0, 0.05) is 14.0 Å². The van der Waals surface area contributed by atoms with Crippen molar-refractivity contribution in [3.8, 4) is 0 Å². The van der Waals surface area contributed by atoms with E-state index in [1.54, 1.807) is 24.3 Å². The first-order valence-electron chi connectivity index (χ1n) is 7.68. The Labute approximate surface area is 199 Å². The maximum absolute atomic E-state index is 10.4. The number of hydrogen-bond donors (Lipinski definition) is 0. The molecule has 0 unspecified atom stereocenters. The zero-order valence-electron chi connectivity index (χ0n) is 15.1. The zero-order valence-corrected chi connectivity index (χ0v) is 23.3. The van der Waals surface area contributed by atoms with E-state index in [0.717, 1.165) is 14.0 Å². The van der Waals surface area contributed by atoms with Crippen molar-refractivity contribution in [2.24, 2.45) is 0 Å². The SMILES string of the molecule is C[Si]C.Cc1cc2c(Br)cccc2[cH-]1.[Cl][Zr+2][Cl].[NH-]C(=O)c1ccc(Br)cc1. The Morgan fingerprint density at radius 2 is 1.63 bits per heavy atom. The Morgan fingerprint density at radius 1 is 1.11 bits per heavy atom. The predicted octanol–water partition coefficient (Wildman–Crippen LogP) is 8.43. The Hall–Kier alpha value is 0.160. The zero-order chi connectivity index (χ0) is 20.8. The smallest absolute Gasteiger partial charge is 0.0796 e. The Kier molecular flexibility index (Phi) is 16.1. The molecule has 2 radical (unpaired) electrons. The van der Waals surface area contributed by atoms with Crippen LogP contribution in [-0.4, -0.2) is 15.4 Å². The Bertz CT molecular complexity index is 811. The van der Waals surface area contributed by atoms with E-state index >= 15 is 0 Å². The molecule has 3 rings (SSSR count). The third-order valence-electron chi connectivity index (χ3n) is 2.95. The molecular weight excluding hydrogens is 608 g/mol. The summed E-state index contributed by atoms with van der Waals surface area (Å²) in [6.07, 6.45) is 0. The van der Waals surface area contributed by atoms with Crippen LogP contribution in [0.4, 0.5) is 0 Å². The van der Waals surface area contributed by atoms with Gasteiger partial charge in [0.15, 0.2) is 0 Å². The largest absolute Gasteiger partial charge is 0.664 e. The van der Waals surface area contributed by atoms with Crippen LogP contribution in [0.1, 0.15) is 15.9 Å². The molecule has 2 nitrogen and oxygen atoms in total. The van der Waals surface area contributed by atoms with Gasteiger partial charge in [0.25, 0.3) is 0 Å². The van der Waals surface area contributed by atoms with Crippen LogP contribution in [0.15, 0.2) is 63.5 Å². The molecule has 0 atom stereocenters. The number of hydrogen-bond acceptors (Lipinski definition) is 1. The second-order valence-corrected chi connectivity index (χ2v) is 11.7. The van der Waals surface area contributed by atoms with Crippen LogP contribution in [0.25, 0.3) is 16.5 Å². The van der Waals surface area contributed by atoms with Gasteiger partial charge in [0.05, 0.1) is 5.91 Å². The molecule has 0 spiro atoms. The maximum Gasteiger partial charge on any atom is 0.0796 e. The van der Waals surface area contributed by atoms with Crippen molar-refractivity contribution < 1.29 is 25.6 Å². The normalized spacial score (nSPS) is 8.85. The van der Waals surface area contributed by atoms with Gasteiger partial charge >= 0.3 is 37.9 Å². The van der Waals surface area contributed by atoms with Crippen molar-refractivity contribution in [1.29, 1.82) is 0 Å². The van der Waals surface area contributed by atoms with Crippen molar-refractivity contribution in [2.45, 2.75) is 20.0 Å². The van der Waals surface area contributed by atoms with Crippen LogP contribution < -0.4 is 0 Å². The van der Waals surface area contributed by atoms with Gasteiger partial charge in [-0.3, -0.25) is 0 Å². The molecule has 0 aliphatic carbocycles. The summed E-state index contributed by atoms with van der Waals surface area (Å²) in [6, 6.07) is 17.3. The summed E-state index contributed by atoms with van der Waals surface area (Å²) in [5.41, 5.74) is 8.48. The summed E-state index contributed by atoms with van der Waals surface area (Å²) in [5.74, 6) is -0.646. The summed E-state index contributed by atoms with van der Waals surface area (Å²) in [6.45, 7) is 6.42. The monoisotopic (exact) mass is 623 g/mol. The standard InChI is InChI=1S/C10H8Br.C7H6BrNO.C2H6Si.2ClH.Zr/c1-7-5-8-3-2-4-10(11)9(8)6-7;8-6-3-1-5(2-4-6)7(9)10;1-3-2;;;/h2-6H,1H3;1-4H,(H2,9,10);1-2H3;2*1H;/q-1;;;;;+4/p-3. The van der Waals surface area contributed by atoms with E-state index in [4.69, 9.17) is 22.8 Å². The van der Waals surface area contributed by atoms with E-state index in [2.05, 4.69) is 82.2 Å². The van der Waals surface area contributed by atoms with Gasteiger partial charge < -0.3 is 10.5 Å². The molecule has 8 heteroatoms. The van der Waals surface area contributed by atoms with Gasteiger partial charge in [-0.05, 0) is 22.2 Å². The van der Waals surface area contributed by atoms with E-state index in [1.165, 1.54) is 20.8 Å². The van der Waals surface area contributed by atoms with Crippen LogP contribution >= 0.6 is 48.9 Å². The molecule has 142 valence electrons. The predicted molar refractivity (Wildman–Crippen MR) is 124 cm³/mol. The molecule has 1 N–H and O–H groups in total. The number of fused-ring (bicyclic) bond motifs is 1. The third kappa shape index (κ3) is 11.7. The second-order valence-electron chi connectivity index (χ2n) is 5.18. The number of rotatable bonds is 1. The fraction of sp³-hybridized carbons (Fsp3) is 0.158. The Balaban J connectivity index is 0.000000391. The minimum Gasteiger partial charge on any atom is -0.664 e. The van der Waals surface area contributed by atoms with E-state index in [-0.39, 0.29) is 0 Å². The molecule has 0 bridgehead atoms. The van der Waals surface area contributed by atoms with Gasteiger partial charge in [-0.25, -0.2) is 0 Å². The van der Waals surface area contributed by atoms with Crippen molar-refractivity contribution in [2.75, 3.05) is 0 Å². The van der Waals surface area contributed by atoms with Crippen molar-refractivity contribution in [3.63, 3.8) is 0 Å². The number of benzene rings is 2. The molecule has 3 aromatic carbocycles. The number of carbonyl (C=O) groups is 1. The van der Waals surface area contributed by atoms with Gasteiger partial charge in [0.1, 0.15) is 0 Å². The summed E-state index contributed by atoms with van der Waals surface area (Å²) < 4.78 is 2.10. The molecule has 0 aromatic heterocycles. The van der Waals surface area contributed by atoms with Crippen LogP contribution in [0, 0.1) is 6.92 Å². The minimum absolute atomic E-state index is 0.420. The molecule has 0 aliphatic heterocycles. The number of carbonyl (C=O) groups excluding carboxylic acids is 1. The summed E-state index contributed by atoms with van der Waals surface area (Å²) in [7, 11) is 11.0. The molecule has 1 amide bonds. The Morgan fingerprint density at radius 3 is 2.07 bits per heavy atom. The molecule has 0 aliphatic rings. The van der Waals surface area contributed by atoms with Gasteiger partial charge in [-0.2, -0.15) is 6.07 Å². The van der Waals surface area contributed by atoms with Crippen molar-refractivity contribution in [1.82, 2.24) is 0 Å².